The fraction of sp³-hybridized carbons (Fsp3) is 0.167. The van der Waals surface area contributed by atoms with Crippen LogP contribution in [0.4, 0.5) is 23.4 Å². The maximum Gasteiger partial charge on any atom is 0.417 e. The van der Waals surface area contributed by atoms with Crippen molar-refractivity contribution in [3.05, 3.63) is 42.0 Å². The highest BCUT2D eigenvalue weighted by atomic mass is 19.4. The number of pyridine rings is 2. The third kappa shape index (κ3) is 2.98. The Kier molecular flexibility index (Phi) is 3.37. The van der Waals surface area contributed by atoms with Crippen LogP contribution in [-0.2, 0) is 6.18 Å². The van der Waals surface area contributed by atoms with E-state index in [4.69, 9.17) is 0 Å². The van der Waals surface area contributed by atoms with E-state index in [1.807, 2.05) is 0 Å². The molecule has 0 aromatic carbocycles. The van der Waals surface area contributed by atoms with E-state index in [9.17, 15) is 17.6 Å². The number of aromatic nitrogens is 2. The van der Waals surface area contributed by atoms with E-state index in [0.29, 0.717) is 11.8 Å². The van der Waals surface area contributed by atoms with Crippen LogP contribution in [-0.4, -0.2) is 17.0 Å². The molecule has 0 spiro atoms. The van der Waals surface area contributed by atoms with Crippen LogP contribution in [0.2, 0.25) is 0 Å². The molecular formula is C12H9F4N3. The van der Waals surface area contributed by atoms with Gasteiger partial charge in [0.15, 0.2) is 0 Å². The second kappa shape index (κ2) is 4.83. The van der Waals surface area contributed by atoms with Crippen LogP contribution in [0.5, 0.6) is 0 Å². The van der Waals surface area contributed by atoms with Crippen LogP contribution in [0.25, 0.3) is 11.3 Å². The zero-order chi connectivity index (χ0) is 14.0. The van der Waals surface area contributed by atoms with E-state index >= 15 is 0 Å². The van der Waals surface area contributed by atoms with Crippen molar-refractivity contribution in [1.29, 1.82) is 0 Å². The number of hydrogen-bond donors (Lipinski definition) is 1. The molecule has 0 saturated heterocycles. The van der Waals surface area contributed by atoms with Crippen molar-refractivity contribution in [3.63, 3.8) is 0 Å². The Bertz CT molecular complexity index is 579. The maximum atomic E-state index is 13.2. The first kappa shape index (κ1) is 13.3. The lowest BCUT2D eigenvalue weighted by atomic mass is 10.1. The van der Waals surface area contributed by atoms with Crippen molar-refractivity contribution in [2.75, 3.05) is 12.4 Å². The Hall–Kier alpha value is -2.18. The Morgan fingerprint density at radius 3 is 2.42 bits per heavy atom. The average Bonchev–Trinajstić information content (AvgIpc) is 2.37. The van der Waals surface area contributed by atoms with Crippen molar-refractivity contribution in [1.82, 2.24) is 9.97 Å². The molecule has 19 heavy (non-hydrogen) atoms. The van der Waals surface area contributed by atoms with Gasteiger partial charge in [-0.15, -0.1) is 0 Å². The number of hydrogen-bond acceptors (Lipinski definition) is 3. The summed E-state index contributed by atoms with van der Waals surface area (Å²) in [4.78, 5) is 7.24. The van der Waals surface area contributed by atoms with Crippen molar-refractivity contribution in [2.24, 2.45) is 0 Å². The van der Waals surface area contributed by atoms with Gasteiger partial charge in [-0.25, -0.2) is 4.98 Å². The summed E-state index contributed by atoms with van der Waals surface area (Å²) in [6.45, 7) is 0. The summed E-state index contributed by atoms with van der Waals surface area (Å²) >= 11 is 0. The summed E-state index contributed by atoms with van der Waals surface area (Å²) in [5, 5.41) is 2.65. The zero-order valence-electron chi connectivity index (χ0n) is 9.79. The SMILES string of the molecule is CNc1cc(-c2ccc(C(F)(F)F)cn2)cc(F)n1. The smallest absolute Gasteiger partial charge is 0.373 e. The number of rotatable bonds is 2. The number of nitrogens with one attached hydrogen (secondary N) is 1. The van der Waals surface area contributed by atoms with Gasteiger partial charge >= 0.3 is 6.18 Å². The molecule has 3 nitrogen and oxygen atoms in total. The van der Waals surface area contributed by atoms with Crippen LogP contribution >= 0.6 is 0 Å². The predicted molar refractivity (Wildman–Crippen MR) is 62.0 cm³/mol. The molecular weight excluding hydrogens is 262 g/mol. The molecule has 0 bridgehead atoms. The highest BCUT2D eigenvalue weighted by molar-refractivity contribution is 5.62. The molecule has 0 saturated carbocycles. The third-order valence-electron chi connectivity index (χ3n) is 2.44. The normalized spacial score (nSPS) is 11.4. The van der Waals surface area contributed by atoms with Crippen LogP contribution in [0.15, 0.2) is 30.5 Å². The van der Waals surface area contributed by atoms with Gasteiger partial charge in [0.1, 0.15) is 5.82 Å². The van der Waals surface area contributed by atoms with Gasteiger partial charge in [0.2, 0.25) is 5.95 Å². The first-order valence-electron chi connectivity index (χ1n) is 5.29. The predicted octanol–water partition coefficient (Wildman–Crippen LogP) is 3.34. The summed E-state index contributed by atoms with van der Waals surface area (Å²) in [6, 6.07) is 4.70. The van der Waals surface area contributed by atoms with Crippen LogP contribution in [0.1, 0.15) is 5.56 Å². The molecule has 7 heteroatoms. The van der Waals surface area contributed by atoms with Gasteiger partial charge in [0, 0.05) is 24.9 Å². The Morgan fingerprint density at radius 2 is 1.89 bits per heavy atom. The Morgan fingerprint density at radius 1 is 1.16 bits per heavy atom. The zero-order valence-corrected chi connectivity index (χ0v) is 9.79. The highest BCUT2D eigenvalue weighted by Gasteiger charge is 2.30. The molecule has 0 amide bonds. The maximum absolute atomic E-state index is 13.2. The van der Waals surface area contributed by atoms with Gasteiger partial charge in [0.25, 0.3) is 0 Å². The summed E-state index contributed by atoms with van der Waals surface area (Å²) in [5.41, 5.74) is -0.254. The molecule has 0 aliphatic carbocycles. The van der Waals surface area contributed by atoms with E-state index in [1.165, 1.54) is 12.1 Å². The molecule has 0 atom stereocenters. The fourth-order valence-corrected chi connectivity index (χ4v) is 1.51. The molecule has 1 N–H and O–H groups in total. The quantitative estimate of drug-likeness (QED) is 0.672. The Labute approximate surface area is 106 Å². The number of halogens is 4. The molecule has 2 aromatic heterocycles. The molecule has 2 rings (SSSR count). The van der Waals surface area contributed by atoms with E-state index in [-0.39, 0.29) is 11.5 Å². The molecule has 0 aliphatic rings. The van der Waals surface area contributed by atoms with Gasteiger partial charge in [-0.1, -0.05) is 0 Å². The minimum atomic E-state index is -4.44. The average molecular weight is 271 g/mol. The first-order valence-corrected chi connectivity index (χ1v) is 5.29. The first-order chi connectivity index (χ1) is 8.90. The molecule has 0 radical (unpaired) electrons. The van der Waals surface area contributed by atoms with Gasteiger partial charge in [-0.2, -0.15) is 17.6 Å². The lowest BCUT2D eigenvalue weighted by Gasteiger charge is -2.08. The third-order valence-corrected chi connectivity index (χ3v) is 2.44. The molecule has 0 unspecified atom stereocenters. The number of alkyl halides is 3. The van der Waals surface area contributed by atoms with Crippen molar-refractivity contribution in [3.8, 4) is 11.3 Å². The minimum absolute atomic E-state index is 0.241. The van der Waals surface area contributed by atoms with Crippen LogP contribution < -0.4 is 5.32 Å². The lowest BCUT2D eigenvalue weighted by Crippen LogP contribution is -2.05. The van der Waals surface area contributed by atoms with Gasteiger partial charge in [-0.3, -0.25) is 4.98 Å². The van der Waals surface area contributed by atoms with Crippen LogP contribution in [0, 0.1) is 5.95 Å². The fourth-order valence-electron chi connectivity index (χ4n) is 1.51. The summed E-state index contributed by atoms with van der Waals surface area (Å²) in [6.07, 6.45) is -3.72. The van der Waals surface area contributed by atoms with Gasteiger partial charge < -0.3 is 5.32 Å². The summed E-state index contributed by atoms with van der Waals surface area (Å²) in [7, 11) is 1.56. The van der Waals surface area contributed by atoms with Crippen molar-refractivity contribution >= 4 is 5.82 Å². The number of nitrogens with zero attached hydrogens (tertiary/aromatic N) is 2. The molecule has 0 aliphatic heterocycles. The van der Waals surface area contributed by atoms with Gasteiger partial charge in [0.05, 0.1) is 11.3 Å². The van der Waals surface area contributed by atoms with E-state index in [2.05, 4.69) is 15.3 Å². The van der Waals surface area contributed by atoms with E-state index < -0.39 is 17.7 Å². The Balaban J connectivity index is 2.40. The molecule has 2 heterocycles. The lowest BCUT2D eigenvalue weighted by molar-refractivity contribution is -0.137. The van der Waals surface area contributed by atoms with Crippen molar-refractivity contribution in [2.45, 2.75) is 6.18 Å². The van der Waals surface area contributed by atoms with E-state index in [0.717, 1.165) is 12.1 Å². The molecule has 0 fully saturated rings. The minimum Gasteiger partial charge on any atom is -0.373 e. The monoisotopic (exact) mass is 271 g/mol. The molecule has 100 valence electrons. The molecule has 2 aromatic rings. The highest BCUT2D eigenvalue weighted by Crippen LogP contribution is 2.30. The van der Waals surface area contributed by atoms with E-state index in [1.54, 1.807) is 7.05 Å². The summed E-state index contributed by atoms with van der Waals surface area (Å²) < 4.78 is 50.4. The largest absolute Gasteiger partial charge is 0.417 e. The van der Waals surface area contributed by atoms with Crippen molar-refractivity contribution < 1.29 is 17.6 Å². The van der Waals surface area contributed by atoms with Gasteiger partial charge in [-0.05, 0) is 18.2 Å². The number of anilines is 1. The standard InChI is InChI=1S/C12H9F4N3/c1-17-11-5-7(4-10(13)19-11)9-3-2-8(6-18-9)12(14,15)16/h2-6H,1H3,(H,17,19). The second-order valence-corrected chi connectivity index (χ2v) is 3.74. The van der Waals surface area contributed by atoms with Crippen LogP contribution in [0.3, 0.4) is 0 Å². The topological polar surface area (TPSA) is 37.8 Å². The summed E-state index contributed by atoms with van der Waals surface area (Å²) in [5.74, 6) is -0.458. The second-order valence-electron chi connectivity index (χ2n) is 3.74.